The van der Waals surface area contributed by atoms with Crippen molar-refractivity contribution in [2.45, 2.75) is 49.9 Å². The van der Waals surface area contributed by atoms with E-state index in [9.17, 15) is 5.11 Å². The third-order valence-corrected chi connectivity index (χ3v) is 7.88. The van der Waals surface area contributed by atoms with Crippen LogP contribution in [-0.4, -0.2) is 33.4 Å². The number of aliphatic hydroxyl groups excluding tert-OH is 1. The summed E-state index contributed by atoms with van der Waals surface area (Å²) in [6.07, 6.45) is 4.60. The van der Waals surface area contributed by atoms with E-state index in [1.807, 2.05) is 47.8 Å². The number of allylic oxidation sites excluding steroid dienone is 1. The average Bonchev–Trinajstić information content (AvgIpc) is 2.56. The summed E-state index contributed by atoms with van der Waals surface area (Å²) in [7, 11) is 0. The van der Waals surface area contributed by atoms with E-state index in [0.29, 0.717) is 13.2 Å². The molecule has 24 heavy (non-hydrogen) atoms. The summed E-state index contributed by atoms with van der Waals surface area (Å²) >= 11 is 3.98. The average molecular weight is 367 g/mol. The Morgan fingerprint density at radius 1 is 1.29 bits per heavy atom. The zero-order chi connectivity index (χ0) is 17.5. The Bertz CT molecular complexity index is 496. The smallest absolute Gasteiger partial charge is 0.0717 e. The molecule has 2 nitrogen and oxygen atoms in total. The molecule has 1 N–H and O–H groups in total. The second kappa shape index (κ2) is 9.33. The standard InChI is InChI=1S/C20H30O2S2/c1-4-11-20(23-12-8-13-24-20)14-18(21)19(2,3)16-22-15-17-9-6-5-7-10-17/h4-7,9-10,18,21H,1,8,11-16H2,2-3H3/t18-/m1/s1. The number of hydrogen-bond acceptors (Lipinski definition) is 4. The van der Waals surface area contributed by atoms with Gasteiger partial charge in [0.2, 0.25) is 0 Å². The lowest BCUT2D eigenvalue weighted by molar-refractivity contribution is -0.0332. The number of hydrogen-bond donors (Lipinski definition) is 1. The van der Waals surface area contributed by atoms with Gasteiger partial charge in [-0.15, -0.1) is 30.1 Å². The summed E-state index contributed by atoms with van der Waals surface area (Å²) in [4.78, 5) is 0. The Morgan fingerprint density at radius 3 is 2.58 bits per heavy atom. The first-order chi connectivity index (χ1) is 11.5. The van der Waals surface area contributed by atoms with Crippen LogP contribution < -0.4 is 0 Å². The molecule has 0 spiro atoms. The predicted octanol–water partition coefficient (Wildman–Crippen LogP) is 5.12. The number of thioether (sulfide) groups is 2. The number of benzene rings is 1. The summed E-state index contributed by atoms with van der Waals surface area (Å²) in [6, 6.07) is 10.2. The van der Waals surface area contributed by atoms with E-state index in [2.05, 4.69) is 32.6 Å². The molecule has 1 atom stereocenters. The minimum Gasteiger partial charge on any atom is -0.392 e. The molecule has 0 aliphatic carbocycles. The molecule has 1 fully saturated rings. The lowest BCUT2D eigenvalue weighted by Gasteiger charge is -2.41. The van der Waals surface area contributed by atoms with Crippen molar-refractivity contribution in [1.29, 1.82) is 0 Å². The lowest BCUT2D eigenvalue weighted by atomic mass is 9.84. The second-order valence-corrected chi connectivity index (χ2v) is 10.4. The number of rotatable bonds is 9. The molecule has 1 aromatic rings. The van der Waals surface area contributed by atoms with Crippen LogP contribution in [0.5, 0.6) is 0 Å². The molecule has 1 saturated heterocycles. The van der Waals surface area contributed by atoms with Gasteiger partial charge in [-0.2, -0.15) is 0 Å². The molecular formula is C20H30O2S2. The highest BCUT2D eigenvalue weighted by Gasteiger charge is 2.39. The minimum absolute atomic E-state index is 0.0795. The Kier molecular flexibility index (Phi) is 7.73. The molecule has 2 rings (SSSR count). The van der Waals surface area contributed by atoms with Crippen molar-refractivity contribution < 1.29 is 9.84 Å². The van der Waals surface area contributed by atoms with Gasteiger partial charge in [0.05, 0.1) is 23.4 Å². The monoisotopic (exact) mass is 366 g/mol. The summed E-state index contributed by atoms with van der Waals surface area (Å²) < 4.78 is 5.97. The van der Waals surface area contributed by atoms with Crippen LogP contribution in [0.25, 0.3) is 0 Å². The van der Waals surface area contributed by atoms with Gasteiger partial charge in [-0.1, -0.05) is 50.3 Å². The zero-order valence-electron chi connectivity index (χ0n) is 14.9. The molecule has 0 radical (unpaired) electrons. The van der Waals surface area contributed by atoms with Crippen LogP contribution >= 0.6 is 23.5 Å². The molecule has 1 heterocycles. The SMILES string of the molecule is C=CCC1(C[C@@H](O)C(C)(C)COCc2ccccc2)SCCCS1. The van der Waals surface area contributed by atoms with Crippen LogP contribution in [0.4, 0.5) is 0 Å². The summed E-state index contributed by atoms with van der Waals surface area (Å²) in [5.41, 5.74) is 0.908. The quantitative estimate of drug-likeness (QED) is 0.614. The van der Waals surface area contributed by atoms with Gasteiger partial charge in [0.25, 0.3) is 0 Å². The van der Waals surface area contributed by atoms with Crippen LogP contribution in [0.3, 0.4) is 0 Å². The Labute approximate surface area is 155 Å². The van der Waals surface area contributed by atoms with Gasteiger partial charge in [0.1, 0.15) is 0 Å². The Morgan fingerprint density at radius 2 is 1.96 bits per heavy atom. The van der Waals surface area contributed by atoms with E-state index in [1.54, 1.807) is 0 Å². The van der Waals surface area contributed by atoms with Gasteiger partial charge in [0, 0.05) is 5.41 Å². The van der Waals surface area contributed by atoms with Gasteiger partial charge in [0.15, 0.2) is 0 Å². The summed E-state index contributed by atoms with van der Waals surface area (Å²) in [5.74, 6) is 2.36. The van der Waals surface area contributed by atoms with E-state index in [-0.39, 0.29) is 15.6 Å². The first kappa shape index (κ1) is 19.9. The molecule has 0 unspecified atom stereocenters. The van der Waals surface area contributed by atoms with Gasteiger partial charge < -0.3 is 9.84 Å². The minimum atomic E-state index is -0.383. The van der Waals surface area contributed by atoms with Crippen molar-refractivity contribution in [3.63, 3.8) is 0 Å². The number of ether oxygens (including phenoxy) is 1. The fourth-order valence-electron chi connectivity index (χ4n) is 2.83. The predicted molar refractivity (Wildman–Crippen MR) is 108 cm³/mol. The van der Waals surface area contributed by atoms with E-state index in [1.165, 1.54) is 23.5 Å². The molecule has 1 aliphatic heterocycles. The molecule has 134 valence electrons. The fraction of sp³-hybridized carbons (Fsp3) is 0.600. The van der Waals surface area contributed by atoms with E-state index >= 15 is 0 Å². The van der Waals surface area contributed by atoms with Crippen LogP contribution in [-0.2, 0) is 11.3 Å². The highest BCUT2D eigenvalue weighted by molar-refractivity contribution is 8.18. The van der Waals surface area contributed by atoms with Crippen molar-refractivity contribution >= 4 is 23.5 Å². The van der Waals surface area contributed by atoms with Crippen molar-refractivity contribution in [2.24, 2.45) is 5.41 Å². The van der Waals surface area contributed by atoms with Crippen molar-refractivity contribution in [1.82, 2.24) is 0 Å². The molecule has 1 aromatic carbocycles. The Hall–Kier alpha value is -0.420. The molecule has 4 heteroatoms. The van der Waals surface area contributed by atoms with Crippen molar-refractivity contribution in [3.05, 3.63) is 48.6 Å². The lowest BCUT2D eigenvalue weighted by Crippen LogP contribution is -2.40. The van der Waals surface area contributed by atoms with Gasteiger partial charge in [-0.05, 0) is 36.3 Å². The van der Waals surface area contributed by atoms with E-state index in [0.717, 1.165) is 12.8 Å². The summed E-state index contributed by atoms with van der Waals surface area (Å²) in [5, 5.41) is 10.9. The molecule has 0 saturated carbocycles. The first-order valence-electron chi connectivity index (χ1n) is 8.66. The molecule has 1 aliphatic rings. The van der Waals surface area contributed by atoms with E-state index in [4.69, 9.17) is 4.74 Å². The third kappa shape index (κ3) is 5.83. The van der Waals surface area contributed by atoms with Crippen LogP contribution in [0.2, 0.25) is 0 Å². The van der Waals surface area contributed by atoms with E-state index < -0.39 is 0 Å². The largest absolute Gasteiger partial charge is 0.392 e. The Balaban J connectivity index is 1.88. The van der Waals surface area contributed by atoms with Gasteiger partial charge in [-0.3, -0.25) is 0 Å². The van der Waals surface area contributed by atoms with Crippen molar-refractivity contribution in [2.75, 3.05) is 18.1 Å². The molecular weight excluding hydrogens is 336 g/mol. The summed E-state index contributed by atoms with van der Waals surface area (Å²) in [6.45, 7) is 9.27. The maximum atomic E-state index is 10.9. The first-order valence-corrected chi connectivity index (χ1v) is 10.6. The third-order valence-electron chi connectivity index (χ3n) is 4.47. The molecule has 0 bridgehead atoms. The second-order valence-electron chi connectivity index (χ2n) is 7.14. The van der Waals surface area contributed by atoms with Crippen molar-refractivity contribution in [3.8, 4) is 0 Å². The normalized spacial score (nSPS) is 19.0. The van der Waals surface area contributed by atoms with Crippen LogP contribution in [0.15, 0.2) is 43.0 Å². The number of aliphatic hydroxyl groups is 1. The highest BCUT2D eigenvalue weighted by atomic mass is 32.2. The van der Waals surface area contributed by atoms with Crippen LogP contribution in [0, 0.1) is 5.41 Å². The van der Waals surface area contributed by atoms with Gasteiger partial charge >= 0.3 is 0 Å². The molecule has 0 aromatic heterocycles. The van der Waals surface area contributed by atoms with Crippen LogP contribution in [0.1, 0.15) is 38.7 Å². The molecule has 0 amide bonds. The zero-order valence-corrected chi connectivity index (χ0v) is 16.5. The maximum Gasteiger partial charge on any atom is 0.0717 e. The topological polar surface area (TPSA) is 29.5 Å². The maximum absolute atomic E-state index is 10.9. The fourth-order valence-corrected chi connectivity index (χ4v) is 6.19. The van der Waals surface area contributed by atoms with Gasteiger partial charge in [-0.25, -0.2) is 0 Å². The highest BCUT2D eigenvalue weighted by Crippen LogP contribution is 2.49.